The maximum atomic E-state index is 12.4. The van der Waals surface area contributed by atoms with Gasteiger partial charge in [-0.05, 0) is 49.2 Å². The zero-order valence-corrected chi connectivity index (χ0v) is 15.2. The smallest absolute Gasteiger partial charge is 0.224 e. The zero-order valence-electron chi connectivity index (χ0n) is 15.2. The van der Waals surface area contributed by atoms with E-state index in [0.29, 0.717) is 13.0 Å². The minimum atomic E-state index is 0.240. The summed E-state index contributed by atoms with van der Waals surface area (Å²) in [4.78, 5) is 16.8. The highest BCUT2D eigenvalue weighted by Crippen LogP contribution is 2.16. The number of piperazine rings is 1. The average molecular weight is 337 g/mol. The Kier molecular flexibility index (Phi) is 5.59. The number of hydrogen-bond donors (Lipinski definition) is 1. The number of rotatable bonds is 5. The summed E-state index contributed by atoms with van der Waals surface area (Å²) in [5.41, 5.74) is 4.89. The predicted molar refractivity (Wildman–Crippen MR) is 104 cm³/mol. The fraction of sp³-hybridized carbons (Fsp3) is 0.381. The second kappa shape index (κ2) is 8.06. The van der Waals surface area contributed by atoms with Crippen LogP contribution < -0.4 is 10.2 Å². The average Bonchev–Trinajstić information content (AvgIpc) is 2.65. The quantitative estimate of drug-likeness (QED) is 0.908. The van der Waals surface area contributed by atoms with Gasteiger partial charge in [0.1, 0.15) is 0 Å². The van der Waals surface area contributed by atoms with Gasteiger partial charge in [-0.25, -0.2) is 0 Å². The number of carbonyl (C=O) groups is 1. The molecule has 2 aromatic carbocycles. The third kappa shape index (κ3) is 4.53. The Balaban J connectivity index is 1.43. The van der Waals surface area contributed by atoms with E-state index < -0.39 is 0 Å². The molecule has 2 aromatic rings. The highest BCUT2D eigenvalue weighted by atomic mass is 16.2. The number of nitrogens with one attached hydrogen (secondary N) is 1. The van der Waals surface area contributed by atoms with Crippen LogP contribution >= 0.6 is 0 Å². The van der Waals surface area contributed by atoms with Gasteiger partial charge in [0.25, 0.3) is 0 Å². The first kappa shape index (κ1) is 17.3. The van der Waals surface area contributed by atoms with E-state index in [1.807, 2.05) is 11.0 Å². The van der Waals surface area contributed by atoms with Crippen LogP contribution in [-0.4, -0.2) is 43.5 Å². The Bertz CT molecular complexity index is 706. The molecule has 0 unspecified atom stereocenters. The molecule has 0 aromatic heterocycles. The standard InChI is InChI=1S/C21H27N3O/c1-17-8-9-19(16-18(17)2)22-11-10-21(25)24-14-12-23(13-15-24)20-6-4-3-5-7-20/h3-9,16,22H,10-15H2,1-2H3. The fourth-order valence-corrected chi connectivity index (χ4v) is 3.18. The highest BCUT2D eigenvalue weighted by molar-refractivity contribution is 5.77. The molecule has 0 spiro atoms. The fourth-order valence-electron chi connectivity index (χ4n) is 3.18. The van der Waals surface area contributed by atoms with Gasteiger partial charge in [0, 0.05) is 50.5 Å². The van der Waals surface area contributed by atoms with Crippen molar-refractivity contribution in [2.75, 3.05) is 42.9 Å². The van der Waals surface area contributed by atoms with E-state index in [2.05, 4.69) is 66.5 Å². The molecule has 0 bridgehead atoms. The molecule has 1 fully saturated rings. The number of benzene rings is 2. The van der Waals surface area contributed by atoms with Gasteiger partial charge in [0.2, 0.25) is 5.91 Å². The van der Waals surface area contributed by atoms with Crippen LogP contribution in [0.4, 0.5) is 11.4 Å². The molecule has 4 heteroatoms. The Labute approximate surface area is 150 Å². The second-order valence-corrected chi connectivity index (χ2v) is 6.68. The number of amides is 1. The number of aryl methyl sites for hydroxylation is 2. The van der Waals surface area contributed by atoms with Crippen molar-refractivity contribution >= 4 is 17.3 Å². The summed E-state index contributed by atoms with van der Waals surface area (Å²) in [6, 6.07) is 16.7. The molecule has 132 valence electrons. The predicted octanol–water partition coefficient (Wildman–Crippen LogP) is 3.45. The van der Waals surface area contributed by atoms with Gasteiger partial charge < -0.3 is 15.1 Å². The molecule has 25 heavy (non-hydrogen) atoms. The van der Waals surface area contributed by atoms with E-state index in [1.165, 1.54) is 16.8 Å². The van der Waals surface area contributed by atoms with E-state index in [0.717, 1.165) is 31.9 Å². The lowest BCUT2D eigenvalue weighted by Gasteiger charge is -2.36. The third-order valence-electron chi connectivity index (χ3n) is 4.93. The van der Waals surface area contributed by atoms with Crippen LogP contribution in [-0.2, 0) is 4.79 Å². The maximum Gasteiger partial charge on any atom is 0.224 e. The Hall–Kier alpha value is -2.49. The molecule has 3 rings (SSSR count). The largest absolute Gasteiger partial charge is 0.385 e. The Morgan fingerprint density at radius 2 is 1.68 bits per heavy atom. The molecule has 1 saturated heterocycles. The van der Waals surface area contributed by atoms with Gasteiger partial charge in [0.05, 0.1) is 0 Å². The van der Waals surface area contributed by atoms with Crippen LogP contribution in [0, 0.1) is 13.8 Å². The summed E-state index contributed by atoms with van der Waals surface area (Å²) >= 11 is 0. The van der Waals surface area contributed by atoms with Crippen LogP contribution in [0.2, 0.25) is 0 Å². The van der Waals surface area contributed by atoms with Gasteiger partial charge in [0.15, 0.2) is 0 Å². The maximum absolute atomic E-state index is 12.4. The molecular weight excluding hydrogens is 310 g/mol. The summed E-state index contributed by atoms with van der Waals surface area (Å²) in [7, 11) is 0. The first-order valence-electron chi connectivity index (χ1n) is 9.02. The molecule has 0 radical (unpaired) electrons. The summed E-state index contributed by atoms with van der Waals surface area (Å²) < 4.78 is 0. The van der Waals surface area contributed by atoms with E-state index in [-0.39, 0.29) is 5.91 Å². The van der Waals surface area contributed by atoms with E-state index >= 15 is 0 Å². The molecule has 1 N–H and O–H groups in total. The van der Waals surface area contributed by atoms with Crippen molar-refractivity contribution in [3.63, 3.8) is 0 Å². The number of para-hydroxylation sites is 1. The normalized spacial score (nSPS) is 14.5. The lowest BCUT2D eigenvalue weighted by molar-refractivity contribution is -0.131. The molecule has 1 aliphatic rings. The summed E-state index contributed by atoms with van der Waals surface area (Å²) in [6.07, 6.45) is 0.540. The lowest BCUT2D eigenvalue weighted by atomic mass is 10.1. The summed E-state index contributed by atoms with van der Waals surface area (Å²) in [6.45, 7) is 8.31. The monoisotopic (exact) mass is 337 g/mol. The second-order valence-electron chi connectivity index (χ2n) is 6.68. The van der Waals surface area contributed by atoms with Crippen LogP contribution in [0.1, 0.15) is 17.5 Å². The van der Waals surface area contributed by atoms with Gasteiger partial charge in [-0.2, -0.15) is 0 Å². The zero-order chi connectivity index (χ0) is 17.6. The summed E-state index contributed by atoms with van der Waals surface area (Å²) in [5, 5.41) is 3.36. The van der Waals surface area contributed by atoms with Crippen molar-refractivity contribution < 1.29 is 4.79 Å². The topological polar surface area (TPSA) is 35.6 Å². The molecular formula is C21H27N3O. The first-order chi connectivity index (χ1) is 12.1. The molecule has 1 amide bonds. The van der Waals surface area contributed by atoms with Crippen molar-refractivity contribution in [3.05, 3.63) is 59.7 Å². The molecule has 0 atom stereocenters. The van der Waals surface area contributed by atoms with Crippen molar-refractivity contribution in [2.45, 2.75) is 20.3 Å². The minimum absolute atomic E-state index is 0.240. The van der Waals surface area contributed by atoms with Crippen molar-refractivity contribution in [2.24, 2.45) is 0 Å². The van der Waals surface area contributed by atoms with Gasteiger partial charge in [-0.1, -0.05) is 24.3 Å². The Morgan fingerprint density at radius 1 is 0.960 bits per heavy atom. The van der Waals surface area contributed by atoms with Gasteiger partial charge >= 0.3 is 0 Å². The molecule has 1 heterocycles. The molecule has 0 saturated carbocycles. The number of carbonyl (C=O) groups excluding carboxylic acids is 1. The van der Waals surface area contributed by atoms with Gasteiger partial charge in [-0.3, -0.25) is 4.79 Å². The van der Waals surface area contributed by atoms with Crippen molar-refractivity contribution in [1.82, 2.24) is 4.90 Å². The first-order valence-corrected chi connectivity index (χ1v) is 9.02. The number of nitrogens with zero attached hydrogens (tertiary/aromatic N) is 2. The molecule has 1 aliphatic heterocycles. The Morgan fingerprint density at radius 3 is 2.36 bits per heavy atom. The van der Waals surface area contributed by atoms with Crippen LogP contribution in [0.25, 0.3) is 0 Å². The van der Waals surface area contributed by atoms with E-state index in [9.17, 15) is 4.79 Å². The SMILES string of the molecule is Cc1ccc(NCCC(=O)N2CCN(c3ccccc3)CC2)cc1C. The van der Waals surface area contributed by atoms with Crippen LogP contribution in [0.3, 0.4) is 0 Å². The molecule has 0 aliphatic carbocycles. The van der Waals surface area contributed by atoms with Crippen molar-refractivity contribution in [1.29, 1.82) is 0 Å². The third-order valence-corrected chi connectivity index (χ3v) is 4.93. The van der Waals surface area contributed by atoms with Gasteiger partial charge in [-0.15, -0.1) is 0 Å². The van der Waals surface area contributed by atoms with Crippen LogP contribution in [0.5, 0.6) is 0 Å². The van der Waals surface area contributed by atoms with E-state index in [1.54, 1.807) is 0 Å². The van der Waals surface area contributed by atoms with E-state index in [4.69, 9.17) is 0 Å². The lowest BCUT2D eigenvalue weighted by Crippen LogP contribution is -2.49. The number of hydrogen-bond acceptors (Lipinski definition) is 3. The van der Waals surface area contributed by atoms with Crippen LogP contribution in [0.15, 0.2) is 48.5 Å². The summed E-state index contributed by atoms with van der Waals surface area (Å²) in [5.74, 6) is 0.240. The minimum Gasteiger partial charge on any atom is -0.385 e. The number of anilines is 2. The highest BCUT2D eigenvalue weighted by Gasteiger charge is 2.20. The molecule has 4 nitrogen and oxygen atoms in total. The van der Waals surface area contributed by atoms with Crippen molar-refractivity contribution in [3.8, 4) is 0 Å².